The Morgan fingerprint density at radius 2 is 2.28 bits per heavy atom. The number of ether oxygens (including phenoxy) is 1. The van der Waals surface area contributed by atoms with E-state index in [-0.39, 0.29) is 10.7 Å². The summed E-state index contributed by atoms with van der Waals surface area (Å²) < 4.78 is 4.55. The number of esters is 1. The van der Waals surface area contributed by atoms with Crippen LogP contribution in [0.25, 0.3) is 11.3 Å². The van der Waals surface area contributed by atoms with Gasteiger partial charge in [-0.25, -0.2) is 9.78 Å². The summed E-state index contributed by atoms with van der Waals surface area (Å²) in [5.74, 6) is -0.517. The zero-order valence-corrected chi connectivity index (χ0v) is 10.1. The SMILES string of the molecule is COC(=O)c1nc(-c2cccc([N+](=O)[O-])c2)cs1. The number of carbonyl (C=O) groups excluding carboxylic acids is 1. The number of thiazole rings is 1. The van der Waals surface area contributed by atoms with Gasteiger partial charge in [-0.2, -0.15) is 0 Å². The van der Waals surface area contributed by atoms with Crippen molar-refractivity contribution < 1.29 is 14.5 Å². The summed E-state index contributed by atoms with van der Waals surface area (Å²) >= 11 is 1.14. The highest BCUT2D eigenvalue weighted by atomic mass is 32.1. The van der Waals surface area contributed by atoms with Gasteiger partial charge in [-0.05, 0) is 0 Å². The second-order valence-electron chi connectivity index (χ2n) is 3.34. The molecule has 7 heteroatoms. The molecule has 0 saturated carbocycles. The maximum atomic E-state index is 11.3. The number of benzene rings is 1. The van der Waals surface area contributed by atoms with Crippen molar-refractivity contribution in [2.24, 2.45) is 0 Å². The maximum Gasteiger partial charge on any atom is 0.367 e. The molecule has 1 heterocycles. The van der Waals surface area contributed by atoms with E-state index in [4.69, 9.17) is 0 Å². The van der Waals surface area contributed by atoms with Gasteiger partial charge in [0, 0.05) is 23.1 Å². The third-order valence-electron chi connectivity index (χ3n) is 2.22. The van der Waals surface area contributed by atoms with E-state index < -0.39 is 10.9 Å². The Morgan fingerprint density at radius 1 is 1.50 bits per heavy atom. The lowest BCUT2D eigenvalue weighted by atomic mass is 10.1. The molecular weight excluding hydrogens is 256 g/mol. The van der Waals surface area contributed by atoms with E-state index in [1.807, 2.05) is 0 Å². The average molecular weight is 264 g/mol. The van der Waals surface area contributed by atoms with Crippen LogP contribution in [0.3, 0.4) is 0 Å². The number of nitro groups is 1. The Balaban J connectivity index is 2.37. The van der Waals surface area contributed by atoms with Crippen LogP contribution in [0, 0.1) is 10.1 Å². The molecule has 0 unspecified atom stereocenters. The summed E-state index contributed by atoms with van der Waals surface area (Å²) in [5, 5.41) is 12.5. The van der Waals surface area contributed by atoms with Gasteiger partial charge >= 0.3 is 5.97 Å². The third-order valence-corrected chi connectivity index (χ3v) is 3.04. The lowest BCUT2D eigenvalue weighted by molar-refractivity contribution is -0.384. The predicted molar refractivity (Wildman–Crippen MR) is 65.5 cm³/mol. The van der Waals surface area contributed by atoms with E-state index in [0.29, 0.717) is 11.3 Å². The Labute approximate surface area is 106 Å². The minimum atomic E-state index is -0.517. The quantitative estimate of drug-likeness (QED) is 0.483. The second kappa shape index (κ2) is 4.92. The van der Waals surface area contributed by atoms with Crippen molar-refractivity contribution in [3.63, 3.8) is 0 Å². The maximum absolute atomic E-state index is 11.3. The van der Waals surface area contributed by atoms with E-state index in [1.54, 1.807) is 17.5 Å². The number of non-ortho nitro benzene ring substituents is 1. The second-order valence-corrected chi connectivity index (χ2v) is 4.20. The van der Waals surface area contributed by atoms with Crippen molar-refractivity contribution in [3.05, 3.63) is 44.8 Å². The normalized spacial score (nSPS) is 10.1. The number of aromatic nitrogens is 1. The summed E-state index contributed by atoms with van der Waals surface area (Å²) in [4.78, 5) is 25.5. The van der Waals surface area contributed by atoms with Crippen LogP contribution in [0.1, 0.15) is 9.80 Å². The Kier molecular flexibility index (Phi) is 3.33. The lowest BCUT2D eigenvalue weighted by Gasteiger charge is -1.96. The van der Waals surface area contributed by atoms with Gasteiger partial charge in [0.15, 0.2) is 0 Å². The Bertz CT molecular complexity index is 609. The van der Waals surface area contributed by atoms with Crippen molar-refractivity contribution >= 4 is 23.0 Å². The zero-order chi connectivity index (χ0) is 13.1. The van der Waals surface area contributed by atoms with E-state index >= 15 is 0 Å². The zero-order valence-electron chi connectivity index (χ0n) is 9.32. The van der Waals surface area contributed by atoms with Crippen molar-refractivity contribution in [1.82, 2.24) is 4.98 Å². The van der Waals surface area contributed by atoms with Gasteiger partial charge in [-0.15, -0.1) is 11.3 Å². The van der Waals surface area contributed by atoms with Crippen LogP contribution in [0.4, 0.5) is 5.69 Å². The molecule has 0 aliphatic carbocycles. The highest BCUT2D eigenvalue weighted by Gasteiger charge is 2.13. The fraction of sp³-hybridized carbons (Fsp3) is 0.0909. The smallest absolute Gasteiger partial charge is 0.367 e. The van der Waals surface area contributed by atoms with E-state index in [2.05, 4.69) is 9.72 Å². The largest absolute Gasteiger partial charge is 0.464 e. The minimum Gasteiger partial charge on any atom is -0.464 e. The molecule has 0 spiro atoms. The molecule has 1 aromatic carbocycles. The van der Waals surface area contributed by atoms with Crippen LogP contribution in [-0.4, -0.2) is 23.0 Å². The van der Waals surface area contributed by atoms with Crippen molar-refractivity contribution in [2.75, 3.05) is 7.11 Å². The monoisotopic (exact) mass is 264 g/mol. The average Bonchev–Trinajstić information content (AvgIpc) is 2.87. The molecule has 0 saturated heterocycles. The number of hydrogen-bond acceptors (Lipinski definition) is 6. The molecule has 0 bridgehead atoms. The molecule has 6 nitrogen and oxygen atoms in total. The molecule has 0 amide bonds. The van der Waals surface area contributed by atoms with Crippen molar-refractivity contribution in [3.8, 4) is 11.3 Å². The number of methoxy groups -OCH3 is 1. The predicted octanol–water partition coefficient (Wildman–Crippen LogP) is 2.50. The number of nitrogens with zero attached hydrogens (tertiary/aromatic N) is 2. The van der Waals surface area contributed by atoms with Crippen LogP contribution in [0.5, 0.6) is 0 Å². The highest BCUT2D eigenvalue weighted by molar-refractivity contribution is 7.11. The van der Waals surface area contributed by atoms with E-state index in [1.165, 1.54) is 19.2 Å². The number of rotatable bonds is 3. The standard InChI is InChI=1S/C11H8N2O4S/c1-17-11(14)10-12-9(6-18-10)7-3-2-4-8(5-7)13(15)16/h2-6H,1H3. The fourth-order valence-corrected chi connectivity index (χ4v) is 2.11. The van der Waals surface area contributed by atoms with E-state index in [9.17, 15) is 14.9 Å². The van der Waals surface area contributed by atoms with Gasteiger partial charge in [-0.3, -0.25) is 10.1 Å². The van der Waals surface area contributed by atoms with Gasteiger partial charge in [-0.1, -0.05) is 12.1 Å². The van der Waals surface area contributed by atoms with Crippen LogP contribution in [0.2, 0.25) is 0 Å². The fourth-order valence-electron chi connectivity index (χ4n) is 1.37. The van der Waals surface area contributed by atoms with Gasteiger partial charge < -0.3 is 4.74 Å². The first-order valence-electron chi connectivity index (χ1n) is 4.90. The summed E-state index contributed by atoms with van der Waals surface area (Å²) in [5.41, 5.74) is 1.10. The third kappa shape index (κ3) is 2.35. The summed E-state index contributed by atoms with van der Waals surface area (Å²) in [7, 11) is 1.27. The molecule has 2 rings (SSSR count). The summed E-state index contributed by atoms with van der Waals surface area (Å²) in [6.07, 6.45) is 0. The highest BCUT2D eigenvalue weighted by Crippen LogP contribution is 2.25. The molecule has 0 aliphatic rings. The van der Waals surface area contributed by atoms with Crippen molar-refractivity contribution in [1.29, 1.82) is 0 Å². The minimum absolute atomic E-state index is 0.0138. The van der Waals surface area contributed by atoms with Gasteiger partial charge in [0.05, 0.1) is 17.7 Å². The Morgan fingerprint density at radius 3 is 2.94 bits per heavy atom. The molecule has 2 aromatic rings. The van der Waals surface area contributed by atoms with Crippen molar-refractivity contribution in [2.45, 2.75) is 0 Å². The first kappa shape index (κ1) is 12.2. The number of carbonyl (C=O) groups is 1. The molecule has 0 radical (unpaired) electrons. The molecule has 0 fully saturated rings. The van der Waals surface area contributed by atoms with E-state index in [0.717, 1.165) is 11.3 Å². The molecular formula is C11H8N2O4S. The first-order valence-corrected chi connectivity index (χ1v) is 5.78. The molecule has 92 valence electrons. The van der Waals surface area contributed by atoms with Crippen LogP contribution in [0.15, 0.2) is 29.6 Å². The number of nitro benzene ring substituents is 1. The lowest BCUT2D eigenvalue weighted by Crippen LogP contribution is -1.99. The van der Waals surface area contributed by atoms with Crippen LogP contribution in [-0.2, 0) is 4.74 Å². The molecule has 18 heavy (non-hydrogen) atoms. The first-order chi connectivity index (χ1) is 8.61. The molecule has 1 aromatic heterocycles. The summed E-state index contributed by atoms with van der Waals surface area (Å²) in [6, 6.07) is 6.08. The molecule has 0 atom stereocenters. The summed E-state index contributed by atoms with van der Waals surface area (Å²) in [6.45, 7) is 0. The topological polar surface area (TPSA) is 82.3 Å². The van der Waals surface area contributed by atoms with Crippen LogP contribution < -0.4 is 0 Å². The van der Waals surface area contributed by atoms with Gasteiger partial charge in [0.25, 0.3) is 5.69 Å². The van der Waals surface area contributed by atoms with Gasteiger partial charge in [0.1, 0.15) is 0 Å². The van der Waals surface area contributed by atoms with Gasteiger partial charge in [0.2, 0.25) is 5.01 Å². The Hall–Kier alpha value is -2.28. The molecule has 0 N–H and O–H groups in total. The number of hydrogen-bond donors (Lipinski definition) is 0. The molecule has 0 aliphatic heterocycles. The van der Waals surface area contributed by atoms with Crippen LogP contribution >= 0.6 is 11.3 Å².